The molecule has 3 rings (SSSR count). The maximum atomic E-state index is 11.7. The molecular formula is C16H21N3O3. The monoisotopic (exact) mass is 303 g/mol. The first kappa shape index (κ1) is 15.0. The van der Waals surface area contributed by atoms with E-state index in [4.69, 9.17) is 9.26 Å². The Balaban J connectivity index is 1.79. The molecule has 6 nitrogen and oxygen atoms in total. The van der Waals surface area contributed by atoms with Crippen LogP contribution in [0.4, 0.5) is 0 Å². The van der Waals surface area contributed by atoms with Gasteiger partial charge in [0.2, 0.25) is 5.89 Å². The highest BCUT2D eigenvalue weighted by Gasteiger charge is 2.40. The molecule has 0 N–H and O–H groups in total. The molecule has 6 heteroatoms. The van der Waals surface area contributed by atoms with Crippen molar-refractivity contribution in [1.29, 1.82) is 0 Å². The third-order valence-electron chi connectivity index (χ3n) is 3.97. The number of pyridine rings is 1. The topological polar surface area (TPSA) is 70.2 Å². The molecule has 2 atom stereocenters. The highest BCUT2D eigenvalue weighted by molar-refractivity contribution is 5.05. The lowest BCUT2D eigenvalue weighted by Crippen LogP contribution is -2.30. The van der Waals surface area contributed by atoms with Gasteiger partial charge in [0.15, 0.2) is 5.82 Å². The molecule has 22 heavy (non-hydrogen) atoms. The molecule has 0 radical (unpaired) electrons. The zero-order valence-corrected chi connectivity index (χ0v) is 13.2. The highest BCUT2D eigenvalue weighted by Crippen LogP contribution is 2.39. The quantitative estimate of drug-likeness (QED) is 0.869. The third kappa shape index (κ3) is 2.97. The number of ether oxygens (including phenoxy) is 1. The van der Waals surface area contributed by atoms with Crippen molar-refractivity contribution in [2.75, 3.05) is 6.61 Å². The van der Waals surface area contributed by atoms with Crippen LogP contribution in [0.1, 0.15) is 44.8 Å². The van der Waals surface area contributed by atoms with E-state index >= 15 is 0 Å². The van der Waals surface area contributed by atoms with Crippen LogP contribution in [0.25, 0.3) is 0 Å². The van der Waals surface area contributed by atoms with Crippen molar-refractivity contribution in [3.05, 3.63) is 46.5 Å². The summed E-state index contributed by atoms with van der Waals surface area (Å²) in [4.78, 5) is 16.2. The fourth-order valence-electron chi connectivity index (χ4n) is 2.93. The van der Waals surface area contributed by atoms with E-state index in [2.05, 4.69) is 30.9 Å². The van der Waals surface area contributed by atoms with Gasteiger partial charge in [-0.2, -0.15) is 4.98 Å². The molecule has 2 aromatic heterocycles. The van der Waals surface area contributed by atoms with Gasteiger partial charge in [0.05, 0.1) is 12.0 Å². The second-order valence-corrected chi connectivity index (χ2v) is 6.77. The van der Waals surface area contributed by atoms with Crippen molar-refractivity contribution < 1.29 is 9.26 Å². The minimum absolute atomic E-state index is 0.0261. The maximum absolute atomic E-state index is 11.7. The molecule has 0 spiro atoms. The Kier molecular flexibility index (Phi) is 3.87. The smallest absolute Gasteiger partial charge is 0.250 e. The number of nitrogens with zero attached hydrogens (tertiary/aromatic N) is 3. The SMILES string of the molecule is CC(C)(C)[C@H]1OCC[C@@H]1c1noc(Cn2ccccc2=O)n1. The summed E-state index contributed by atoms with van der Waals surface area (Å²) >= 11 is 0. The van der Waals surface area contributed by atoms with E-state index < -0.39 is 0 Å². The lowest BCUT2D eigenvalue weighted by Gasteiger charge is -2.29. The Labute approximate surface area is 129 Å². The molecule has 1 aliphatic rings. The molecular weight excluding hydrogens is 282 g/mol. The molecule has 0 saturated carbocycles. The highest BCUT2D eigenvalue weighted by atomic mass is 16.5. The van der Waals surface area contributed by atoms with Crippen molar-refractivity contribution in [3.8, 4) is 0 Å². The van der Waals surface area contributed by atoms with Crippen molar-refractivity contribution >= 4 is 0 Å². The lowest BCUT2D eigenvalue weighted by molar-refractivity contribution is 0.0193. The third-order valence-corrected chi connectivity index (χ3v) is 3.97. The zero-order valence-electron chi connectivity index (χ0n) is 13.2. The van der Waals surface area contributed by atoms with Crippen LogP contribution in [0.2, 0.25) is 0 Å². The molecule has 0 aliphatic carbocycles. The first-order chi connectivity index (χ1) is 10.4. The van der Waals surface area contributed by atoms with E-state index in [0.29, 0.717) is 24.9 Å². The lowest BCUT2D eigenvalue weighted by atomic mass is 9.81. The van der Waals surface area contributed by atoms with Crippen LogP contribution in [0.5, 0.6) is 0 Å². The van der Waals surface area contributed by atoms with Crippen molar-refractivity contribution in [2.45, 2.75) is 45.8 Å². The summed E-state index contributed by atoms with van der Waals surface area (Å²) < 4.78 is 12.7. The van der Waals surface area contributed by atoms with Gasteiger partial charge in [0.1, 0.15) is 6.54 Å². The first-order valence-electron chi connectivity index (χ1n) is 7.55. The summed E-state index contributed by atoms with van der Waals surface area (Å²) in [5.41, 5.74) is -0.0581. The van der Waals surface area contributed by atoms with Crippen LogP contribution >= 0.6 is 0 Å². The Morgan fingerprint density at radius 3 is 2.91 bits per heavy atom. The Morgan fingerprint density at radius 2 is 2.18 bits per heavy atom. The van der Waals surface area contributed by atoms with Crippen LogP contribution in [0.3, 0.4) is 0 Å². The van der Waals surface area contributed by atoms with Gasteiger partial charge in [-0.05, 0) is 17.9 Å². The summed E-state index contributed by atoms with van der Waals surface area (Å²) in [6, 6.07) is 5.03. The standard InChI is InChI=1S/C16H21N3O3/c1-16(2,3)14-11(7-9-21-14)15-17-12(22-18-15)10-19-8-5-4-6-13(19)20/h4-6,8,11,14H,7,9-10H2,1-3H3/t11-,14-/m0/s1. The molecule has 3 heterocycles. The fraction of sp³-hybridized carbons (Fsp3) is 0.562. The first-order valence-corrected chi connectivity index (χ1v) is 7.55. The van der Waals surface area contributed by atoms with Crippen LogP contribution in [0, 0.1) is 5.41 Å². The predicted octanol–water partition coefficient (Wildman–Crippen LogP) is 2.20. The Morgan fingerprint density at radius 1 is 1.36 bits per heavy atom. The molecule has 0 unspecified atom stereocenters. The molecule has 1 saturated heterocycles. The van der Waals surface area contributed by atoms with Crippen molar-refractivity contribution in [1.82, 2.24) is 14.7 Å². The van der Waals surface area contributed by atoms with Gasteiger partial charge in [0.25, 0.3) is 5.56 Å². The second-order valence-electron chi connectivity index (χ2n) is 6.77. The minimum Gasteiger partial charge on any atom is -0.377 e. The summed E-state index contributed by atoms with van der Waals surface area (Å²) in [7, 11) is 0. The molecule has 1 fully saturated rings. The molecule has 1 aliphatic heterocycles. The van der Waals surface area contributed by atoms with Gasteiger partial charge < -0.3 is 13.8 Å². The van der Waals surface area contributed by atoms with Crippen molar-refractivity contribution in [2.24, 2.45) is 5.41 Å². The van der Waals surface area contributed by atoms with E-state index in [1.807, 2.05) is 0 Å². The number of aromatic nitrogens is 3. The summed E-state index contributed by atoms with van der Waals surface area (Å²) in [6.45, 7) is 7.47. The average Bonchev–Trinajstić information content (AvgIpc) is 3.09. The summed E-state index contributed by atoms with van der Waals surface area (Å²) in [5, 5.41) is 4.11. The van der Waals surface area contributed by atoms with Crippen LogP contribution in [0.15, 0.2) is 33.7 Å². The Bertz CT molecular complexity index is 699. The molecule has 118 valence electrons. The van der Waals surface area contributed by atoms with E-state index in [9.17, 15) is 4.79 Å². The number of hydrogen-bond donors (Lipinski definition) is 0. The van der Waals surface area contributed by atoms with E-state index in [1.165, 1.54) is 6.07 Å². The average molecular weight is 303 g/mol. The van der Waals surface area contributed by atoms with E-state index in [1.54, 1.807) is 22.9 Å². The van der Waals surface area contributed by atoms with E-state index in [0.717, 1.165) is 6.42 Å². The molecule has 0 amide bonds. The minimum atomic E-state index is -0.0842. The number of rotatable bonds is 3. The van der Waals surface area contributed by atoms with Gasteiger partial charge in [0, 0.05) is 18.9 Å². The number of hydrogen-bond acceptors (Lipinski definition) is 5. The normalized spacial score (nSPS) is 22.1. The predicted molar refractivity (Wildman–Crippen MR) is 80.7 cm³/mol. The molecule has 0 aromatic carbocycles. The largest absolute Gasteiger partial charge is 0.377 e. The van der Waals surface area contributed by atoms with Gasteiger partial charge in [-0.15, -0.1) is 0 Å². The van der Waals surface area contributed by atoms with Gasteiger partial charge >= 0.3 is 0 Å². The zero-order chi connectivity index (χ0) is 15.7. The van der Waals surface area contributed by atoms with Gasteiger partial charge in [-0.3, -0.25) is 4.79 Å². The van der Waals surface area contributed by atoms with Gasteiger partial charge in [-0.1, -0.05) is 32.0 Å². The fourth-order valence-corrected chi connectivity index (χ4v) is 2.93. The second kappa shape index (κ2) is 5.68. The van der Waals surface area contributed by atoms with Crippen LogP contribution in [-0.2, 0) is 11.3 Å². The molecule has 0 bridgehead atoms. The van der Waals surface area contributed by atoms with E-state index in [-0.39, 0.29) is 23.0 Å². The Hall–Kier alpha value is -1.95. The summed E-state index contributed by atoms with van der Waals surface area (Å²) in [5.74, 6) is 1.27. The van der Waals surface area contributed by atoms with Gasteiger partial charge in [-0.25, -0.2) is 0 Å². The van der Waals surface area contributed by atoms with Crippen LogP contribution < -0.4 is 5.56 Å². The van der Waals surface area contributed by atoms with Crippen LogP contribution in [-0.4, -0.2) is 27.4 Å². The summed E-state index contributed by atoms with van der Waals surface area (Å²) in [6.07, 6.45) is 2.69. The maximum Gasteiger partial charge on any atom is 0.250 e. The molecule has 2 aromatic rings. The van der Waals surface area contributed by atoms with Crippen molar-refractivity contribution in [3.63, 3.8) is 0 Å².